The molecule has 0 unspecified atom stereocenters. The van der Waals surface area contributed by atoms with Crippen LogP contribution in [-0.4, -0.2) is 60.9 Å². The molecule has 39 heavy (non-hydrogen) atoms. The number of carbonyl (C=O) groups is 3. The van der Waals surface area contributed by atoms with E-state index < -0.39 is 47.4 Å². The first-order valence-electron chi connectivity index (χ1n) is 12.4. The number of nitrogens with one attached hydrogen (secondary N) is 2. The second-order valence-corrected chi connectivity index (χ2v) is 8.88. The van der Waals surface area contributed by atoms with Crippen molar-refractivity contribution in [1.29, 1.82) is 0 Å². The van der Waals surface area contributed by atoms with E-state index in [0.717, 1.165) is 11.6 Å². The van der Waals surface area contributed by atoms with E-state index in [2.05, 4.69) is 10.6 Å². The summed E-state index contributed by atoms with van der Waals surface area (Å²) in [6.45, 7) is 0.552. The van der Waals surface area contributed by atoms with Crippen molar-refractivity contribution in [3.63, 3.8) is 0 Å². The van der Waals surface area contributed by atoms with Crippen LogP contribution in [0.4, 0.5) is 17.6 Å². The number of halogens is 4. The molecule has 0 saturated carbocycles. The molecule has 0 spiro atoms. The Morgan fingerprint density at radius 3 is 2.15 bits per heavy atom. The Morgan fingerprint density at radius 2 is 1.56 bits per heavy atom. The zero-order chi connectivity index (χ0) is 29.0. The van der Waals surface area contributed by atoms with Crippen molar-refractivity contribution in [2.24, 2.45) is 17.2 Å². The maximum atomic E-state index is 13.6. The molecule has 0 aliphatic heterocycles. The van der Waals surface area contributed by atoms with Crippen molar-refractivity contribution >= 4 is 17.7 Å². The van der Waals surface area contributed by atoms with Crippen LogP contribution >= 0.6 is 0 Å². The predicted octanol–water partition coefficient (Wildman–Crippen LogP) is 1.04. The minimum atomic E-state index is -4.90. The molecule has 13 heteroatoms. The third kappa shape index (κ3) is 10.3. The average Bonchev–Trinajstić information content (AvgIpc) is 2.89. The highest BCUT2D eigenvalue weighted by molar-refractivity contribution is 5.92. The van der Waals surface area contributed by atoms with E-state index in [4.69, 9.17) is 17.2 Å². The number of nitrogens with zero attached hydrogens (tertiary/aromatic N) is 1. The molecule has 0 bridgehead atoms. The normalized spacial score (nSPS) is 12.9. The lowest BCUT2D eigenvalue weighted by Crippen LogP contribution is -2.53. The molecular formula is C26H34F4N6O3. The smallest absolute Gasteiger partial charge is 0.350 e. The zero-order valence-corrected chi connectivity index (χ0v) is 21.3. The fourth-order valence-corrected chi connectivity index (χ4v) is 3.80. The zero-order valence-electron chi connectivity index (χ0n) is 21.3. The molecule has 9 nitrogen and oxygen atoms in total. The standard InChI is InChI=1S/C26H34F4N6O3/c27-20-8-6-18(14-19(20)26(28,29)30)16-34-25(39)22(9-7-17-4-2-1-3-5-17)35-24(38)21(33)15-23(37)36(12-10-31)13-11-32/h1-6,8,14,21-22H,7,9-13,15-16,31-33H2,(H,34,39)(H,35,38)/t21-,22-/m0/s1. The molecule has 2 aromatic rings. The number of aryl methyl sites for hydroxylation is 1. The third-order valence-electron chi connectivity index (χ3n) is 5.88. The number of amides is 3. The maximum Gasteiger partial charge on any atom is 0.419 e. The first-order valence-corrected chi connectivity index (χ1v) is 12.4. The van der Waals surface area contributed by atoms with Crippen molar-refractivity contribution in [1.82, 2.24) is 15.5 Å². The van der Waals surface area contributed by atoms with Crippen molar-refractivity contribution < 1.29 is 31.9 Å². The summed E-state index contributed by atoms with van der Waals surface area (Å²) in [7, 11) is 0. The fourth-order valence-electron chi connectivity index (χ4n) is 3.80. The lowest BCUT2D eigenvalue weighted by atomic mass is 10.0. The predicted molar refractivity (Wildman–Crippen MR) is 137 cm³/mol. The summed E-state index contributed by atoms with van der Waals surface area (Å²) in [6, 6.07) is 9.15. The van der Waals surface area contributed by atoms with Crippen LogP contribution in [0.2, 0.25) is 0 Å². The van der Waals surface area contributed by atoms with Crippen LogP contribution in [0.1, 0.15) is 29.5 Å². The number of alkyl halides is 3. The Balaban J connectivity index is 2.10. The number of benzene rings is 2. The van der Waals surface area contributed by atoms with Crippen LogP contribution in [0.3, 0.4) is 0 Å². The van der Waals surface area contributed by atoms with Gasteiger partial charge in [0.25, 0.3) is 0 Å². The Hall–Kier alpha value is -3.55. The van der Waals surface area contributed by atoms with Gasteiger partial charge in [0, 0.05) is 32.7 Å². The number of nitrogens with two attached hydrogens (primary N) is 3. The van der Waals surface area contributed by atoms with Gasteiger partial charge in [-0.15, -0.1) is 0 Å². The summed E-state index contributed by atoms with van der Waals surface area (Å²) >= 11 is 0. The van der Waals surface area contributed by atoms with Gasteiger partial charge in [0.2, 0.25) is 17.7 Å². The minimum Gasteiger partial charge on any atom is -0.350 e. The first-order chi connectivity index (χ1) is 18.5. The van der Waals surface area contributed by atoms with E-state index in [9.17, 15) is 31.9 Å². The molecule has 0 saturated heterocycles. The second kappa shape index (κ2) is 15.1. The minimum absolute atomic E-state index is 0.0207. The van der Waals surface area contributed by atoms with Crippen molar-refractivity contribution in [2.75, 3.05) is 26.2 Å². The van der Waals surface area contributed by atoms with Gasteiger partial charge in [0.15, 0.2) is 0 Å². The van der Waals surface area contributed by atoms with Gasteiger partial charge in [-0.3, -0.25) is 14.4 Å². The highest BCUT2D eigenvalue weighted by atomic mass is 19.4. The summed E-state index contributed by atoms with van der Waals surface area (Å²) in [4.78, 5) is 39.7. The van der Waals surface area contributed by atoms with E-state index in [-0.39, 0.29) is 51.1 Å². The summed E-state index contributed by atoms with van der Waals surface area (Å²) in [6.07, 6.45) is -4.70. The molecule has 0 aliphatic carbocycles. The quantitative estimate of drug-likeness (QED) is 0.220. The van der Waals surface area contributed by atoms with Crippen LogP contribution in [-0.2, 0) is 33.5 Å². The molecule has 0 aromatic heterocycles. The molecule has 2 aromatic carbocycles. The number of rotatable bonds is 14. The third-order valence-corrected chi connectivity index (χ3v) is 5.88. The molecular weight excluding hydrogens is 520 g/mol. The van der Waals surface area contributed by atoms with Gasteiger partial charge < -0.3 is 32.7 Å². The maximum absolute atomic E-state index is 13.6. The van der Waals surface area contributed by atoms with E-state index in [1.807, 2.05) is 30.3 Å². The number of hydrogen-bond acceptors (Lipinski definition) is 6. The van der Waals surface area contributed by atoms with Crippen LogP contribution in [0.5, 0.6) is 0 Å². The SMILES string of the molecule is NCCN(CCN)C(=O)C[C@H](N)C(=O)N[C@@H](CCc1ccccc1)C(=O)NCc1ccc(F)c(C(F)(F)F)c1. The largest absolute Gasteiger partial charge is 0.419 e. The van der Waals surface area contributed by atoms with Crippen molar-refractivity contribution in [3.05, 3.63) is 71.0 Å². The lowest BCUT2D eigenvalue weighted by Gasteiger charge is -2.24. The highest BCUT2D eigenvalue weighted by Gasteiger charge is 2.34. The first kappa shape index (κ1) is 31.7. The van der Waals surface area contributed by atoms with Crippen LogP contribution in [0, 0.1) is 5.82 Å². The topological polar surface area (TPSA) is 157 Å². The number of hydrogen-bond donors (Lipinski definition) is 5. The van der Waals surface area contributed by atoms with Crippen molar-refractivity contribution in [2.45, 2.75) is 44.1 Å². The average molecular weight is 555 g/mol. The molecule has 0 heterocycles. The highest BCUT2D eigenvalue weighted by Crippen LogP contribution is 2.31. The monoisotopic (exact) mass is 554 g/mol. The van der Waals surface area contributed by atoms with E-state index in [1.54, 1.807) is 0 Å². The summed E-state index contributed by atoms with van der Waals surface area (Å²) in [5, 5.41) is 5.02. The molecule has 0 fully saturated rings. The van der Waals surface area contributed by atoms with Gasteiger partial charge in [-0.2, -0.15) is 13.2 Å². The molecule has 8 N–H and O–H groups in total. The van der Waals surface area contributed by atoms with Gasteiger partial charge in [-0.1, -0.05) is 36.4 Å². The molecule has 2 atom stereocenters. The Labute approximate surface area is 224 Å². The van der Waals surface area contributed by atoms with Gasteiger partial charge in [0.1, 0.15) is 11.9 Å². The second-order valence-electron chi connectivity index (χ2n) is 8.88. The van der Waals surface area contributed by atoms with E-state index in [1.165, 1.54) is 4.90 Å². The molecule has 3 amide bonds. The fraction of sp³-hybridized carbons (Fsp3) is 0.423. The molecule has 2 rings (SSSR count). The van der Waals surface area contributed by atoms with E-state index >= 15 is 0 Å². The molecule has 0 aliphatic rings. The van der Waals surface area contributed by atoms with Crippen LogP contribution < -0.4 is 27.8 Å². The number of carbonyl (C=O) groups excluding carboxylic acids is 3. The summed E-state index contributed by atoms with van der Waals surface area (Å²) in [5.41, 5.74) is 16.4. The lowest BCUT2D eigenvalue weighted by molar-refractivity contribution is -0.140. The van der Waals surface area contributed by atoms with Gasteiger partial charge in [-0.25, -0.2) is 4.39 Å². The molecule has 0 radical (unpaired) electrons. The van der Waals surface area contributed by atoms with Gasteiger partial charge >= 0.3 is 6.18 Å². The summed E-state index contributed by atoms with van der Waals surface area (Å²) in [5.74, 6) is -3.28. The van der Waals surface area contributed by atoms with Gasteiger partial charge in [0.05, 0.1) is 18.0 Å². The van der Waals surface area contributed by atoms with Crippen LogP contribution in [0.25, 0.3) is 0 Å². The van der Waals surface area contributed by atoms with Crippen LogP contribution in [0.15, 0.2) is 48.5 Å². The Morgan fingerprint density at radius 1 is 0.923 bits per heavy atom. The summed E-state index contributed by atoms with van der Waals surface area (Å²) < 4.78 is 52.7. The van der Waals surface area contributed by atoms with Gasteiger partial charge in [-0.05, 0) is 36.1 Å². The Kier molecular flexibility index (Phi) is 12.3. The molecule has 214 valence electrons. The van der Waals surface area contributed by atoms with E-state index in [0.29, 0.717) is 18.6 Å². The Bertz CT molecular complexity index is 1090. The van der Waals surface area contributed by atoms with Crippen molar-refractivity contribution in [3.8, 4) is 0 Å².